The second kappa shape index (κ2) is 6.51. The van der Waals surface area contributed by atoms with Crippen molar-refractivity contribution in [1.29, 1.82) is 0 Å². The number of halogens is 3. The second-order valence-corrected chi connectivity index (χ2v) is 6.02. The molecule has 0 N–H and O–H groups in total. The van der Waals surface area contributed by atoms with Crippen LogP contribution in [0.25, 0.3) is 0 Å². The molecule has 2 aromatic carbocycles. The van der Waals surface area contributed by atoms with Crippen LogP contribution >= 0.6 is 22.6 Å². The van der Waals surface area contributed by atoms with Crippen LogP contribution in [0.2, 0.25) is 0 Å². The Morgan fingerprint density at radius 2 is 1.86 bits per heavy atom. The van der Waals surface area contributed by atoms with Crippen molar-refractivity contribution in [3.05, 3.63) is 68.8 Å². The normalized spacial score (nSPS) is 12.0. The maximum atomic E-state index is 13.3. The fraction of sp³-hybridized carbons (Fsp3) is 0.188. The van der Waals surface area contributed by atoms with Gasteiger partial charge in [-0.05, 0) is 65.4 Å². The first-order chi connectivity index (χ1) is 9.90. The molecule has 0 saturated carbocycles. The van der Waals surface area contributed by atoms with E-state index in [0.717, 1.165) is 15.7 Å². The molecule has 2 nitrogen and oxygen atoms in total. The van der Waals surface area contributed by atoms with Gasteiger partial charge < -0.3 is 4.90 Å². The molecule has 1 unspecified atom stereocenters. The second-order valence-electron chi connectivity index (χ2n) is 4.78. The van der Waals surface area contributed by atoms with Crippen LogP contribution in [0, 0.1) is 15.2 Å². The Balaban J connectivity index is 2.24. The smallest absolute Gasteiger partial charge is 0.254 e. The van der Waals surface area contributed by atoms with Crippen LogP contribution < -0.4 is 0 Å². The molecule has 110 valence electrons. The first kappa shape index (κ1) is 15.9. The molecule has 0 radical (unpaired) electrons. The van der Waals surface area contributed by atoms with Gasteiger partial charge in [0.1, 0.15) is 0 Å². The molecule has 0 saturated heterocycles. The number of hydrogen-bond donors (Lipinski definition) is 0. The van der Waals surface area contributed by atoms with Crippen LogP contribution in [-0.4, -0.2) is 17.9 Å². The zero-order valence-electron chi connectivity index (χ0n) is 11.6. The fourth-order valence-corrected chi connectivity index (χ4v) is 2.54. The third kappa shape index (κ3) is 3.58. The highest BCUT2D eigenvalue weighted by Crippen LogP contribution is 2.23. The van der Waals surface area contributed by atoms with Gasteiger partial charge in [-0.3, -0.25) is 4.79 Å². The largest absolute Gasteiger partial charge is 0.335 e. The van der Waals surface area contributed by atoms with Gasteiger partial charge in [-0.25, -0.2) is 8.78 Å². The van der Waals surface area contributed by atoms with Gasteiger partial charge >= 0.3 is 0 Å². The SMILES string of the molecule is CC(c1ccc(F)c(F)c1)N(C)C(=O)c1cccc(I)c1. The van der Waals surface area contributed by atoms with Crippen molar-refractivity contribution in [3.63, 3.8) is 0 Å². The molecule has 0 heterocycles. The van der Waals surface area contributed by atoms with Crippen LogP contribution in [0.4, 0.5) is 8.78 Å². The molecule has 0 bridgehead atoms. The number of benzene rings is 2. The first-order valence-electron chi connectivity index (χ1n) is 6.38. The first-order valence-corrected chi connectivity index (χ1v) is 7.45. The lowest BCUT2D eigenvalue weighted by molar-refractivity contribution is 0.0742. The zero-order chi connectivity index (χ0) is 15.6. The van der Waals surface area contributed by atoms with E-state index in [0.29, 0.717) is 11.1 Å². The number of hydrogen-bond acceptors (Lipinski definition) is 1. The fourth-order valence-electron chi connectivity index (χ4n) is 2.00. The van der Waals surface area contributed by atoms with Crippen molar-refractivity contribution < 1.29 is 13.6 Å². The molecule has 0 aliphatic rings. The van der Waals surface area contributed by atoms with Crippen molar-refractivity contribution in [2.45, 2.75) is 13.0 Å². The Kier molecular flexibility index (Phi) is 4.92. The molecule has 0 aromatic heterocycles. The Labute approximate surface area is 135 Å². The summed E-state index contributed by atoms with van der Waals surface area (Å²) in [6.45, 7) is 1.78. The average Bonchev–Trinajstić information content (AvgIpc) is 2.47. The van der Waals surface area contributed by atoms with Crippen LogP contribution in [0.1, 0.15) is 28.9 Å². The Bertz CT molecular complexity index is 675. The molecular formula is C16H14F2INO. The van der Waals surface area contributed by atoms with Crippen molar-refractivity contribution in [1.82, 2.24) is 4.90 Å². The Morgan fingerprint density at radius 1 is 1.14 bits per heavy atom. The van der Waals surface area contributed by atoms with Gasteiger partial charge in [0.15, 0.2) is 11.6 Å². The maximum Gasteiger partial charge on any atom is 0.254 e. The summed E-state index contributed by atoms with van der Waals surface area (Å²) in [5.74, 6) is -1.96. The van der Waals surface area contributed by atoms with Gasteiger partial charge in [0.05, 0.1) is 6.04 Å². The van der Waals surface area contributed by atoms with Crippen molar-refractivity contribution in [2.75, 3.05) is 7.05 Å². The molecule has 0 spiro atoms. The minimum Gasteiger partial charge on any atom is -0.335 e. The highest BCUT2D eigenvalue weighted by Gasteiger charge is 2.20. The summed E-state index contributed by atoms with van der Waals surface area (Å²) in [4.78, 5) is 13.9. The monoisotopic (exact) mass is 401 g/mol. The van der Waals surface area contributed by atoms with E-state index < -0.39 is 11.6 Å². The lowest BCUT2D eigenvalue weighted by Crippen LogP contribution is -2.29. The standard InChI is InChI=1S/C16H14F2INO/c1-10(11-6-7-14(17)15(18)9-11)20(2)16(21)12-4-3-5-13(19)8-12/h3-10H,1-2H3. The lowest BCUT2D eigenvalue weighted by atomic mass is 10.1. The molecule has 2 aromatic rings. The molecule has 0 aliphatic carbocycles. The molecule has 2 rings (SSSR count). The molecule has 0 aliphatic heterocycles. The van der Waals surface area contributed by atoms with Gasteiger partial charge in [0, 0.05) is 16.2 Å². The highest BCUT2D eigenvalue weighted by molar-refractivity contribution is 14.1. The number of carbonyl (C=O) groups excluding carboxylic acids is 1. The van der Waals surface area contributed by atoms with Crippen molar-refractivity contribution in [3.8, 4) is 0 Å². The molecular weight excluding hydrogens is 387 g/mol. The van der Waals surface area contributed by atoms with Gasteiger partial charge in [0.25, 0.3) is 5.91 Å². The summed E-state index contributed by atoms with van der Waals surface area (Å²) in [5.41, 5.74) is 1.12. The number of rotatable bonds is 3. The van der Waals surface area contributed by atoms with Gasteiger partial charge in [-0.2, -0.15) is 0 Å². The average molecular weight is 401 g/mol. The molecule has 21 heavy (non-hydrogen) atoms. The summed E-state index contributed by atoms with van der Waals surface area (Å²) in [5, 5.41) is 0. The van der Waals surface area contributed by atoms with Crippen LogP contribution in [-0.2, 0) is 0 Å². The van der Waals surface area contributed by atoms with E-state index in [4.69, 9.17) is 0 Å². The van der Waals surface area contributed by atoms with Crippen LogP contribution in [0.15, 0.2) is 42.5 Å². The van der Waals surface area contributed by atoms with E-state index in [9.17, 15) is 13.6 Å². The summed E-state index contributed by atoms with van der Waals surface area (Å²) in [7, 11) is 1.65. The number of carbonyl (C=O) groups is 1. The highest BCUT2D eigenvalue weighted by atomic mass is 127. The van der Waals surface area contributed by atoms with Gasteiger partial charge in [0.2, 0.25) is 0 Å². The Hall–Kier alpha value is -1.50. The topological polar surface area (TPSA) is 20.3 Å². The summed E-state index contributed by atoms with van der Waals surface area (Å²) < 4.78 is 27.2. The predicted octanol–water partition coefficient (Wildman–Crippen LogP) is 4.40. The Morgan fingerprint density at radius 3 is 2.48 bits per heavy atom. The minimum absolute atomic E-state index is 0.161. The van der Waals surface area contributed by atoms with E-state index in [1.807, 2.05) is 12.1 Å². The lowest BCUT2D eigenvalue weighted by Gasteiger charge is -2.25. The summed E-state index contributed by atoms with van der Waals surface area (Å²) >= 11 is 2.14. The van der Waals surface area contributed by atoms with Crippen LogP contribution in [0.5, 0.6) is 0 Å². The van der Waals surface area contributed by atoms with E-state index in [2.05, 4.69) is 22.6 Å². The zero-order valence-corrected chi connectivity index (χ0v) is 13.8. The van der Waals surface area contributed by atoms with E-state index in [1.54, 1.807) is 26.1 Å². The summed E-state index contributed by atoms with van der Waals surface area (Å²) in [6, 6.07) is 10.6. The maximum absolute atomic E-state index is 13.3. The molecule has 0 fully saturated rings. The predicted molar refractivity (Wildman–Crippen MR) is 86.0 cm³/mol. The molecule has 1 atom stereocenters. The van der Waals surface area contributed by atoms with Crippen LogP contribution in [0.3, 0.4) is 0 Å². The third-order valence-corrected chi connectivity index (χ3v) is 4.07. The van der Waals surface area contributed by atoms with Gasteiger partial charge in [-0.15, -0.1) is 0 Å². The van der Waals surface area contributed by atoms with E-state index in [1.165, 1.54) is 11.0 Å². The minimum atomic E-state index is -0.908. The quantitative estimate of drug-likeness (QED) is 0.699. The number of amides is 1. The summed E-state index contributed by atoms with van der Waals surface area (Å²) in [6.07, 6.45) is 0. The van der Waals surface area contributed by atoms with Gasteiger partial charge in [-0.1, -0.05) is 12.1 Å². The van der Waals surface area contributed by atoms with Crippen molar-refractivity contribution >= 4 is 28.5 Å². The van der Waals surface area contributed by atoms with E-state index in [-0.39, 0.29) is 11.9 Å². The van der Waals surface area contributed by atoms with E-state index >= 15 is 0 Å². The molecule has 1 amide bonds. The molecule has 5 heteroatoms. The third-order valence-electron chi connectivity index (χ3n) is 3.40. The number of nitrogens with zero attached hydrogens (tertiary/aromatic N) is 1. The van der Waals surface area contributed by atoms with Crippen molar-refractivity contribution in [2.24, 2.45) is 0 Å².